The normalized spacial score (nSPS) is 10.6. The average Bonchev–Trinajstić information content (AvgIpc) is 3.11. The number of amides is 1. The molecule has 0 saturated carbocycles. The van der Waals surface area contributed by atoms with Crippen molar-refractivity contribution in [3.63, 3.8) is 0 Å². The van der Waals surface area contributed by atoms with Gasteiger partial charge in [0.25, 0.3) is 11.5 Å². The second-order valence-electron chi connectivity index (χ2n) is 6.32. The number of anilines is 1. The van der Waals surface area contributed by atoms with Crippen LogP contribution < -0.4 is 10.9 Å². The summed E-state index contributed by atoms with van der Waals surface area (Å²) in [5.74, 6) is -0.706. The first-order chi connectivity index (χ1) is 13.9. The van der Waals surface area contributed by atoms with E-state index in [1.54, 1.807) is 55.1 Å². The summed E-state index contributed by atoms with van der Waals surface area (Å²) in [5, 5.41) is 7.02. The number of carbonyl (C=O) groups excluding carboxylic acids is 2. The summed E-state index contributed by atoms with van der Waals surface area (Å²) in [7, 11) is 0. The molecule has 0 aliphatic carbocycles. The van der Waals surface area contributed by atoms with E-state index in [-0.39, 0.29) is 11.5 Å². The Kier molecular flexibility index (Phi) is 5.92. The van der Waals surface area contributed by atoms with Gasteiger partial charge in [0.2, 0.25) is 0 Å². The summed E-state index contributed by atoms with van der Waals surface area (Å²) in [4.78, 5) is 36.1. The molecule has 0 unspecified atom stereocenters. The zero-order valence-corrected chi connectivity index (χ0v) is 16.5. The quantitative estimate of drug-likeness (QED) is 0.649. The van der Waals surface area contributed by atoms with Gasteiger partial charge in [-0.15, -0.1) is 0 Å². The standard InChI is InChI=1S/C21H22N4O4/c1-4-24-13-16(8-11-19(24)26)23-20(27)15-6-9-17(10-7-15)25-14(3)18(12-22-25)21(28)29-5-2/h6-13H,4-5H2,1-3H3,(H,23,27). The van der Waals surface area contributed by atoms with E-state index in [1.807, 2.05) is 6.92 Å². The van der Waals surface area contributed by atoms with Crippen LogP contribution in [0.3, 0.4) is 0 Å². The molecular weight excluding hydrogens is 372 g/mol. The molecule has 0 radical (unpaired) electrons. The van der Waals surface area contributed by atoms with Gasteiger partial charge in [0.15, 0.2) is 0 Å². The van der Waals surface area contributed by atoms with E-state index in [0.29, 0.717) is 41.3 Å². The molecule has 0 atom stereocenters. The number of pyridine rings is 1. The van der Waals surface area contributed by atoms with Gasteiger partial charge in [-0.05, 0) is 51.1 Å². The minimum Gasteiger partial charge on any atom is -0.462 e. The predicted molar refractivity (Wildman–Crippen MR) is 109 cm³/mol. The van der Waals surface area contributed by atoms with Crippen molar-refractivity contribution in [3.8, 4) is 5.69 Å². The maximum Gasteiger partial charge on any atom is 0.341 e. The average molecular weight is 394 g/mol. The fourth-order valence-electron chi connectivity index (χ4n) is 2.89. The first-order valence-electron chi connectivity index (χ1n) is 9.28. The number of nitrogens with zero attached hydrogens (tertiary/aromatic N) is 3. The Bertz CT molecular complexity index is 1100. The Morgan fingerprint density at radius 1 is 1.10 bits per heavy atom. The number of aryl methyl sites for hydroxylation is 1. The van der Waals surface area contributed by atoms with E-state index in [1.165, 1.54) is 16.8 Å². The maximum atomic E-state index is 12.5. The fraction of sp³-hybridized carbons (Fsp3) is 0.238. The molecule has 1 N–H and O–H groups in total. The lowest BCUT2D eigenvalue weighted by Gasteiger charge is -2.09. The zero-order valence-electron chi connectivity index (χ0n) is 16.5. The number of rotatable bonds is 6. The van der Waals surface area contributed by atoms with E-state index in [4.69, 9.17) is 4.74 Å². The second-order valence-corrected chi connectivity index (χ2v) is 6.32. The molecule has 2 aromatic heterocycles. The third-order valence-corrected chi connectivity index (χ3v) is 4.46. The Morgan fingerprint density at radius 2 is 1.83 bits per heavy atom. The minimum absolute atomic E-state index is 0.119. The fourth-order valence-corrected chi connectivity index (χ4v) is 2.89. The van der Waals surface area contributed by atoms with Crippen LogP contribution in [0.2, 0.25) is 0 Å². The first-order valence-corrected chi connectivity index (χ1v) is 9.28. The van der Waals surface area contributed by atoms with Gasteiger partial charge >= 0.3 is 5.97 Å². The predicted octanol–water partition coefficient (Wildman–Crippen LogP) is 2.79. The molecule has 3 aromatic rings. The zero-order chi connectivity index (χ0) is 21.0. The van der Waals surface area contributed by atoms with Crippen LogP contribution in [0, 0.1) is 6.92 Å². The Morgan fingerprint density at radius 3 is 2.48 bits per heavy atom. The maximum absolute atomic E-state index is 12.5. The van der Waals surface area contributed by atoms with E-state index >= 15 is 0 Å². The van der Waals surface area contributed by atoms with E-state index < -0.39 is 5.97 Å². The highest BCUT2D eigenvalue weighted by Crippen LogP contribution is 2.16. The van der Waals surface area contributed by atoms with Gasteiger partial charge in [0.05, 0.1) is 29.9 Å². The molecule has 2 heterocycles. The largest absolute Gasteiger partial charge is 0.462 e. The highest BCUT2D eigenvalue weighted by molar-refractivity contribution is 6.04. The van der Waals surface area contributed by atoms with Gasteiger partial charge in [0.1, 0.15) is 5.56 Å². The number of ether oxygens (including phenoxy) is 1. The summed E-state index contributed by atoms with van der Waals surface area (Å²) >= 11 is 0. The number of benzene rings is 1. The molecule has 150 valence electrons. The minimum atomic E-state index is -0.416. The summed E-state index contributed by atoms with van der Waals surface area (Å²) in [6.07, 6.45) is 3.08. The molecule has 0 aliphatic heterocycles. The third-order valence-electron chi connectivity index (χ3n) is 4.46. The van der Waals surface area contributed by atoms with Crippen LogP contribution in [-0.4, -0.2) is 32.8 Å². The number of nitrogens with one attached hydrogen (secondary N) is 1. The molecule has 0 bridgehead atoms. The Hall–Kier alpha value is -3.68. The lowest BCUT2D eigenvalue weighted by atomic mass is 10.2. The lowest BCUT2D eigenvalue weighted by molar-refractivity contribution is 0.0525. The van der Waals surface area contributed by atoms with Crippen LogP contribution >= 0.6 is 0 Å². The van der Waals surface area contributed by atoms with Crippen LogP contribution in [0.5, 0.6) is 0 Å². The Labute approximate surface area is 167 Å². The smallest absolute Gasteiger partial charge is 0.341 e. The molecule has 29 heavy (non-hydrogen) atoms. The first kappa shape index (κ1) is 20.1. The molecule has 8 nitrogen and oxygen atoms in total. The van der Waals surface area contributed by atoms with Crippen molar-refractivity contribution in [1.29, 1.82) is 0 Å². The molecule has 0 fully saturated rings. The van der Waals surface area contributed by atoms with Crippen molar-refractivity contribution in [2.75, 3.05) is 11.9 Å². The van der Waals surface area contributed by atoms with Crippen molar-refractivity contribution in [3.05, 3.63) is 76.0 Å². The molecule has 0 saturated heterocycles. The molecule has 3 rings (SSSR count). The van der Waals surface area contributed by atoms with Gasteiger partial charge in [-0.25, -0.2) is 9.48 Å². The summed E-state index contributed by atoms with van der Waals surface area (Å²) in [5.41, 5.74) is 2.66. The highest BCUT2D eigenvalue weighted by Gasteiger charge is 2.16. The number of hydrogen-bond donors (Lipinski definition) is 1. The number of esters is 1. The summed E-state index contributed by atoms with van der Waals surface area (Å²) in [6, 6.07) is 9.83. The van der Waals surface area contributed by atoms with Crippen molar-refractivity contribution in [2.45, 2.75) is 27.3 Å². The van der Waals surface area contributed by atoms with Gasteiger partial charge < -0.3 is 14.6 Å². The van der Waals surface area contributed by atoms with Crippen LogP contribution in [0.1, 0.15) is 40.3 Å². The van der Waals surface area contributed by atoms with E-state index in [0.717, 1.165) is 0 Å². The molecule has 0 spiro atoms. The molecular formula is C21H22N4O4. The Balaban J connectivity index is 1.77. The molecule has 0 aliphatic rings. The van der Waals surface area contributed by atoms with E-state index in [2.05, 4.69) is 10.4 Å². The number of hydrogen-bond acceptors (Lipinski definition) is 5. The van der Waals surface area contributed by atoms with Crippen molar-refractivity contribution in [2.24, 2.45) is 0 Å². The SMILES string of the molecule is CCOC(=O)c1cnn(-c2ccc(C(=O)Nc3ccc(=O)n(CC)c3)cc2)c1C. The van der Waals surface area contributed by atoms with Crippen molar-refractivity contribution >= 4 is 17.6 Å². The van der Waals surface area contributed by atoms with Gasteiger partial charge in [-0.1, -0.05) is 0 Å². The molecule has 1 aromatic carbocycles. The van der Waals surface area contributed by atoms with Gasteiger partial charge in [0, 0.05) is 24.4 Å². The van der Waals surface area contributed by atoms with Gasteiger partial charge in [-0.2, -0.15) is 5.10 Å². The number of carbonyl (C=O) groups is 2. The highest BCUT2D eigenvalue weighted by atomic mass is 16.5. The van der Waals surface area contributed by atoms with Crippen LogP contribution in [0.4, 0.5) is 5.69 Å². The lowest BCUT2D eigenvalue weighted by Crippen LogP contribution is -2.19. The summed E-state index contributed by atoms with van der Waals surface area (Å²) < 4.78 is 8.15. The van der Waals surface area contributed by atoms with Crippen LogP contribution in [0.25, 0.3) is 5.69 Å². The van der Waals surface area contributed by atoms with E-state index in [9.17, 15) is 14.4 Å². The third kappa shape index (κ3) is 4.26. The monoisotopic (exact) mass is 394 g/mol. The molecule has 1 amide bonds. The number of aromatic nitrogens is 3. The topological polar surface area (TPSA) is 95.2 Å². The molecule has 8 heteroatoms. The van der Waals surface area contributed by atoms with Crippen LogP contribution in [-0.2, 0) is 11.3 Å². The van der Waals surface area contributed by atoms with Gasteiger partial charge in [-0.3, -0.25) is 9.59 Å². The second kappa shape index (κ2) is 8.55. The summed E-state index contributed by atoms with van der Waals surface area (Å²) in [6.45, 7) is 6.20. The van der Waals surface area contributed by atoms with Crippen molar-refractivity contribution < 1.29 is 14.3 Å². The van der Waals surface area contributed by atoms with Crippen LogP contribution in [0.15, 0.2) is 53.6 Å². The van der Waals surface area contributed by atoms with Crippen molar-refractivity contribution in [1.82, 2.24) is 14.3 Å².